The molecule has 2 saturated heterocycles. The van der Waals surface area contributed by atoms with E-state index >= 15 is 0 Å². The van der Waals surface area contributed by atoms with Gasteiger partial charge in [0.2, 0.25) is 0 Å². The third kappa shape index (κ3) is 4.52. The van der Waals surface area contributed by atoms with Crippen LogP contribution in [0.1, 0.15) is 53.1 Å². The van der Waals surface area contributed by atoms with Crippen LogP contribution in [0.5, 0.6) is 5.75 Å². The van der Waals surface area contributed by atoms with Crippen LogP contribution in [-0.4, -0.2) is 41.8 Å². The Morgan fingerprint density at radius 1 is 0.842 bits per heavy atom. The van der Waals surface area contributed by atoms with Crippen molar-refractivity contribution in [1.82, 2.24) is 4.90 Å². The summed E-state index contributed by atoms with van der Waals surface area (Å²) in [7, 11) is 0. The first-order valence-corrected chi connectivity index (χ1v) is 12.8. The summed E-state index contributed by atoms with van der Waals surface area (Å²) >= 11 is 0. The largest absolute Gasteiger partial charge is 0.573 e. The van der Waals surface area contributed by atoms with Crippen molar-refractivity contribution in [3.8, 4) is 16.9 Å². The van der Waals surface area contributed by atoms with Crippen LogP contribution < -0.4 is 4.74 Å². The average Bonchev–Trinajstić information content (AvgIpc) is 3.36. The highest BCUT2D eigenvalue weighted by molar-refractivity contribution is 5.98. The molecule has 3 aliphatic rings. The summed E-state index contributed by atoms with van der Waals surface area (Å²) in [6, 6.07) is 21.3. The molecule has 0 aromatic heterocycles. The molecular formula is C30H26F3NO4. The van der Waals surface area contributed by atoms with Gasteiger partial charge in [-0.2, -0.15) is 0 Å². The maximum absolute atomic E-state index is 13.3. The zero-order valence-corrected chi connectivity index (χ0v) is 20.5. The Balaban J connectivity index is 1.12. The molecule has 2 atom stereocenters. The van der Waals surface area contributed by atoms with Gasteiger partial charge in [0.05, 0.1) is 0 Å². The van der Waals surface area contributed by atoms with Crippen LogP contribution in [0.2, 0.25) is 0 Å². The molecule has 0 N–H and O–H groups in total. The van der Waals surface area contributed by atoms with E-state index in [9.17, 15) is 22.8 Å². The molecule has 2 unspecified atom stereocenters. The minimum absolute atomic E-state index is 0.0330. The number of ether oxygens (including phenoxy) is 2. The van der Waals surface area contributed by atoms with Gasteiger partial charge in [0, 0.05) is 29.5 Å². The highest BCUT2D eigenvalue weighted by Gasteiger charge is 2.46. The number of carbonyl (C=O) groups excluding carboxylic acids is 2. The standard InChI is InChI=1S/C30H26F3NO4/c31-30(32,33)38-22-7-5-6-18(16-22)28(35)19-14-20-12-13-21(15-19)34(20)29(36)37-17-27-25-10-3-1-8-23(25)24-9-2-4-11-26(24)27/h1-11,16,19-21,27H,12-15,17H2. The van der Waals surface area contributed by atoms with Gasteiger partial charge in [-0.15, -0.1) is 13.2 Å². The van der Waals surface area contributed by atoms with Crippen molar-refractivity contribution in [2.45, 2.75) is 50.0 Å². The molecule has 0 spiro atoms. The zero-order chi connectivity index (χ0) is 26.4. The van der Waals surface area contributed by atoms with Gasteiger partial charge in [-0.25, -0.2) is 4.79 Å². The zero-order valence-electron chi connectivity index (χ0n) is 20.5. The number of carbonyl (C=O) groups is 2. The fraction of sp³-hybridized carbons (Fsp3) is 0.333. The molecule has 3 aromatic rings. The van der Waals surface area contributed by atoms with Crippen molar-refractivity contribution in [2.75, 3.05) is 6.61 Å². The smallest absolute Gasteiger partial charge is 0.448 e. The van der Waals surface area contributed by atoms with E-state index in [1.54, 1.807) is 4.90 Å². The molecule has 3 aromatic carbocycles. The summed E-state index contributed by atoms with van der Waals surface area (Å²) in [5.41, 5.74) is 4.79. The number of nitrogens with zero attached hydrogens (tertiary/aromatic N) is 1. The van der Waals surface area contributed by atoms with Gasteiger partial charge in [-0.1, -0.05) is 60.7 Å². The van der Waals surface area contributed by atoms with Gasteiger partial charge in [0.25, 0.3) is 0 Å². The second kappa shape index (κ2) is 9.49. The number of hydrogen-bond donors (Lipinski definition) is 0. The van der Waals surface area contributed by atoms with E-state index in [0.717, 1.165) is 41.2 Å². The van der Waals surface area contributed by atoms with E-state index in [4.69, 9.17) is 4.74 Å². The van der Waals surface area contributed by atoms with Crippen molar-refractivity contribution in [3.63, 3.8) is 0 Å². The predicted octanol–water partition coefficient (Wildman–Crippen LogP) is 6.96. The van der Waals surface area contributed by atoms with Gasteiger partial charge < -0.3 is 14.4 Å². The number of hydrogen-bond acceptors (Lipinski definition) is 4. The van der Waals surface area contributed by atoms with Crippen molar-refractivity contribution < 1.29 is 32.2 Å². The fourth-order valence-corrected chi connectivity index (χ4v) is 6.44. The lowest BCUT2D eigenvalue weighted by Gasteiger charge is -2.37. The van der Waals surface area contributed by atoms with E-state index in [1.807, 2.05) is 24.3 Å². The molecule has 0 saturated carbocycles. The first kappa shape index (κ1) is 24.5. The van der Waals surface area contributed by atoms with Crippen LogP contribution in [-0.2, 0) is 4.74 Å². The number of benzene rings is 3. The van der Waals surface area contributed by atoms with E-state index in [-0.39, 0.29) is 48.0 Å². The Bertz CT molecular complexity index is 1330. The van der Waals surface area contributed by atoms with Gasteiger partial charge in [-0.3, -0.25) is 4.79 Å². The lowest BCUT2D eigenvalue weighted by atomic mass is 9.85. The third-order valence-corrected chi connectivity index (χ3v) is 8.00. The van der Waals surface area contributed by atoms with Crippen LogP contribution >= 0.6 is 0 Å². The molecule has 196 valence electrons. The number of alkyl halides is 3. The number of halogens is 3. The van der Waals surface area contributed by atoms with Crippen molar-refractivity contribution in [3.05, 3.63) is 89.5 Å². The number of rotatable bonds is 5. The van der Waals surface area contributed by atoms with Crippen LogP contribution in [0.4, 0.5) is 18.0 Å². The summed E-state index contributed by atoms with van der Waals surface area (Å²) in [5.74, 6) is -1.04. The summed E-state index contributed by atoms with van der Waals surface area (Å²) in [6.07, 6.45) is -2.72. The lowest BCUT2D eigenvalue weighted by molar-refractivity contribution is -0.274. The highest BCUT2D eigenvalue weighted by atomic mass is 19.4. The number of Topliss-reactive ketones (excluding diaryl/α,β-unsaturated/α-hetero) is 1. The van der Waals surface area contributed by atoms with E-state index in [1.165, 1.54) is 18.2 Å². The first-order valence-electron chi connectivity index (χ1n) is 12.8. The maximum atomic E-state index is 13.3. The molecule has 1 amide bonds. The van der Waals surface area contributed by atoms with Gasteiger partial charge in [0.15, 0.2) is 5.78 Å². The monoisotopic (exact) mass is 521 g/mol. The normalized spacial score (nSPS) is 22.1. The van der Waals surface area contributed by atoms with E-state index in [0.29, 0.717) is 12.8 Å². The molecule has 2 fully saturated rings. The molecule has 8 heteroatoms. The Labute approximate surface area is 218 Å². The number of piperidine rings is 1. The molecular weight excluding hydrogens is 495 g/mol. The SMILES string of the molecule is O=C(c1cccc(OC(F)(F)F)c1)C1CC2CCC(C1)N2C(=O)OCC1c2ccccc2-c2ccccc21. The third-order valence-electron chi connectivity index (χ3n) is 8.00. The summed E-state index contributed by atoms with van der Waals surface area (Å²) in [5, 5.41) is 0. The van der Waals surface area contributed by atoms with Gasteiger partial charge >= 0.3 is 12.5 Å². The Morgan fingerprint density at radius 3 is 2.05 bits per heavy atom. The van der Waals surface area contributed by atoms with Gasteiger partial charge in [0.1, 0.15) is 12.4 Å². The van der Waals surface area contributed by atoms with Crippen LogP contribution in [0.3, 0.4) is 0 Å². The molecule has 6 rings (SSSR count). The highest BCUT2D eigenvalue weighted by Crippen LogP contribution is 2.45. The molecule has 0 radical (unpaired) electrons. The fourth-order valence-electron chi connectivity index (χ4n) is 6.44. The quantitative estimate of drug-likeness (QED) is 0.341. The predicted molar refractivity (Wildman–Crippen MR) is 134 cm³/mol. The summed E-state index contributed by atoms with van der Waals surface area (Å²) in [4.78, 5) is 28.2. The molecule has 5 nitrogen and oxygen atoms in total. The molecule has 38 heavy (non-hydrogen) atoms. The molecule has 2 aliphatic heterocycles. The molecule has 1 aliphatic carbocycles. The second-order valence-corrected chi connectivity index (χ2v) is 10.2. The van der Waals surface area contributed by atoms with E-state index < -0.39 is 12.1 Å². The maximum Gasteiger partial charge on any atom is 0.573 e. The van der Waals surface area contributed by atoms with Crippen LogP contribution in [0.15, 0.2) is 72.8 Å². The minimum atomic E-state index is -4.82. The average molecular weight is 522 g/mol. The lowest BCUT2D eigenvalue weighted by Crippen LogP contribution is -2.48. The Kier molecular flexibility index (Phi) is 6.13. The second-order valence-electron chi connectivity index (χ2n) is 10.2. The Morgan fingerprint density at radius 2 is 1.45 bits per heavy atom. The number of fused-ring (bicyclic) bond motifs is 5. The number of ketones is 1. The topological polar surface area (TPSA) is 55.8 Å². The molecule has 2 bridgehead atoms. The van der Waals surface area contributed by atoms with Gasteiger partial charge in [-0.05, 0) is 60.1 Å². The van der Waals surface area contributed by atoms with Crippen molar-refractivity contribution in [1.29, 1.82) is 0 Å². The van der Waals surface area contributed by atoms with Crippen LogP contribution in [0.25, 0.3) is 11.1 Å². The minimum Gasteiger partial charge on any atom is -0.448 e. The first-order chi connectivity index (χ1) is 18.3. The Hall–Kier alpha value is -3.81. The summed E-state index contributed by atoms with van der Waals surface area (Å²) < 4.78 is 47.7. The van der Waals surface area contributed by atoms with Crippen LogP contribution in [0, 0.1) is 5.92 Å². The van der Waals surface area contributed by atoms with Crippen molar-refractivity contribution in [2.24, 2.45) is 5.92 Å². The van der Waals surface area contributed by atoms with Crippen molar-refractivity contribution >= 4 is 11.9 Å². The van der Waals surface area contributed by atoms with E-state index in [2.05, 4.69) is 29.0 Å². The molecule has 2 heterocycles. The summed E-state index contributed by atoms with van der Waals surface area (Å²) in [6.45, 7) is 0.233. The number of amides is 1.